The second-order valence-corrected chi connectivity index (χ2v) is 5.55. The number of anilines is 2. The quantitative estimate of drug-likeness (QED) is 0.910. The summed E-state index contributed by atoms with van der Waals surface area (Å²) in [5, 5.41) is 13.8. The lowest BCUT2D eigenvalue weighted by Gasteiger charge is -2.13. The molecule has 0 aliphatic carbocycles. The van der Waals surface area contributed by atoms with Gasteiger partial charge in [-0.05, 0) is 40.9 Å². The molecule has 1 saturated heterocycles. The van der Waals surface area contributed by atoms with Crippen LogP contribution in [-0.4, -0.2) is 27.9 Å². The third-order valence-electron chi connectivity index (χ3n) is 3.35. The van der Waals surface area contributed by atoms with Gasteiger partial charge in [0, 0.05) is 23.8 Å². The van der Waals surface area contributed by atoms with Crippen LogP contribution in [0.3, 0.4) is 0 Å². The van der Waals surface area contributed by atoms with Gasteiger partial charge in [0.25, 0.3) is 0 Å². The monoisotopic (exact) mass is 332 g/mol. The molecule has 3 rings (SSSR count). The molecule has 2 N–H and O–H groups in total. The number of halogens is 1. The van der Waals surface area contributed by atoms with Gasteiger partial charge < -0.3 is 10.6 Å². The van der Waals surface area contributed by atoms with E-state index in [0.29, 0.717) is 23.0 Å². The summed E-state index contributed by atoms with van der Waals surface area (Å²) < 4.78 is 2.41. The van der Waals surface area contributed by atoms with Crippen molar-refractivity contribution >= 4 is 27.6 Å². The summed E-state index contributed by atoms with van der Waals surface area (Å²) in [6.07, 6.45) is 3.92. The standard InChI is InChI=1S/C13H13BrN6/c14-9-3-4-11(17-8-9)20-12(16)10(7-15)13(18-20)19-5-1-2-6-19/h3-4,8H,1-2,5-6,16H2. The van der Waals surface area contributed by atoms with E-state index in [2.05, 4.69) is 37.0 Å². The van der Waals surface area contributed by atoms with Crippen molar-refractivity contribution in [3.8, 4) is 11.9 Å². The molecular weight excluding hydrogens is 320 g/mol. The molecular formula is C13H13BrN6. The van der Waals surface area contributed by atoms with Crippen molar-refractivity contribution in [3.63, 3.8) is 0 Å². The predicted octanol–water partition coefficient (Wildman–Crippen LogP) is 2.08. The van der Waals surface area contributed by atoms with Gasteiger partial charge in [-0.15, -0.1) is 5.10 Å². The highest BCUT2D eigenvalue weighted by Gasteiger charge is 2.23. The highest BCUT2D eigenvalue weighted by Crippen LogP contribution is 2.28. The SMILES string of the molecule is N#Cc1c(N2CCCC2)nn(-c2ccc(Br)cn2)c1N. The largest absolute Gasteiger partial charge is 0.382 e. The summed E-state index contributed by atoms with van der Waals surface area (Å²) in [6.45, 7) is 1.83. The van der Waals surface area contributed by atoms with Gasteiger partial charge in [-0.25, -0.2) is 4.98 Å². The van der Waals surface area contributed by atoms with Crippen LogP contribution in [-0.2, 0) is 0 Å². The first kappa shape index (κ1) is 12.9. The maximum atomic E-state index is 9.33. The highest BCUT2D eigenvalue weighted by molar-refractivity contribution is 9.10. The number of aromatic nitrogens is 3. The number of nitriles is 1. The van der Waals surface area contributed by atoms with Crippen LogP contribution in [0, 0.1) is 11.3 Å². The lowest BCUT2D eigenvalue weighted by Crippen LogP contribution is -2.19. The molecule has 1 aliphatic heterocycles. The summed E-state index contributed by atoms with van der Waals surface area (Å²) in [4.78, 5) is 6.37. The minimum atomic E-state index is 0.337. The highest BCUT2D eigenvalue weighted by atomic mass is 79.9. The van der Waals surface area contributed by atoms with E-state index in [4.69, 9.17) is 5.73 Å². The van der Waals surface area contributed by atoms with Crippen LogP contribution < -0.4 is 10.6 Å². The molecule has 0 atom stereocenters. The van der Waals surface area contributed by atoms with E-state index in [0.717, 1.165) is 30.4 Å². The van der Waals surface area contributed by atoms with Crippen LogP contribution in [0.4, 0.5) is 11.6 Å². The third kappa shape index (κ3) is 2.12. The van der Waals surface area contributed by atoms with Crippen molar-refractivity contribution in [1.29, 1.82) is 5.26 Å². The Labute approximate surface area is 124 Å². The minimum absolute atomic E-state index is 0.337. The van der Waals surface area contributed by atoms with Crippen molar-refractivity contribution in [1.82, 2.24) is 14.8 Å². The average Bonchev–Trinajstić information content (AvgIpc) is 3.07. The molecule has 0 amide bonds. The second kappa shape index (κ2) is 5.13. The summed E-state index contributed by atoms with van der Waals surface area (Å²) in [5.41, 5.74) is 6.48. The van der Waals surface area contributed by atoms with E-state index < -0.39 is 0 Å². The van der Waals surface area contributed by atoms with E-state index in [1.807, 2.05) is 12.1 Å². The molecule has 0 radical (unpaired) electrons. The fourth-order valence-corrected chi connectivity index (χ4v) is 2.58. The van der Waals surface area contributed by atoms with Crippen LogP contribution in [0.2, 0.25) is 0 Å². The average molecular weight is 333 g/mol. The molecule has 0 bridgehead atoms. The summed E-state index contributed by atoms with van der Waals surface area (Å²) >= 11 is 3.34. The fraction of sp³-hybridized carbons (Fsp3) is 0.308. The zero-order chi connectivity index (χ0) is 14.1. The Morgan fingerprint density at radius 3 is 2.65 bits per heavy atom. The Bertz CT molecular complexity index is 663. The molecule has 20 heavy (non-hydrogen) atoms. The topological polar surface area (TPSA) is 83.8 Å². The van der Waals surface area contributed by atoms with Crippen LogP contribution >= 0.6 is 15.9 Å². The normalized spacial score (nSPS) is 14.5. The van der Waals surface area contributed by atoms with Gasteiger partial charge in [0.1, 0.15) is 17.5 Å². The van der Waals surface area contributed by atoms with Crippen LogP contribution in [0.25, 0.3) is 5.82 Å². The summed E-state index contributed by atoms with van der Waals surface area (Å²) in [7, 11) is 0. The second-order valence-electron chi connectivity index (χ2n) is 4.64. The van der Waals surface area contributed by atoms with Gasteiger partial charge in [0.2, 0.25) is 0 Å². The molecule has 1 fully saturated rings. The Kier molecular flexibility index (Phi) is 3.32. The lowest BCUT2D eigenvalue weighted by molar-refractivity contribution is 0.828. The number of hydrogen-bond donors (Lipinski definition) is 1. The Balaban J connectivity index is 2.08. The smallest absolute Gasteiger partial charge is 0.171 e. The van der Waals surface area contributed by atoms with Crippen molar-refractivity contribution in [2.24, 2.45) is 0 Å². The van der Waals surface area contributed by atoms with Gasteiger partial charge in [-0.1, -0.05) is 0 Å². The van der Waals surface area contributed by atoms with E-state index in [1.165, 1.54) is 4.68 Å². The first-order valence-corrected chi connectivity index (χ1v) is 7.15. The third-order valence-corrected chi connectivity index (χ3v) is 3.82. The Hall–Kier alpha value is -2.07. The lowest BCUT2D eigenvalue weighted by atomic mass is 10.3. The number of hydrogen-bond acceptors (Lipinski definition) is 5. The van der Waals surface area contributed by atoms with Crippen LogP contribution in [0.5, 0.6) is 0 Å². The van der Waals surface area contributed by atoms with Gasteiger partial charge in [-0.3, -0.25) is 0 Å². The number of nitrogens with two attached hydrogens (primary N) is 1. The van der Waals surface area contributed by atoms with Gasteiger partial charge in [0.15, 0.2) is 11.6 Å². The summed E-state index contributed by atoms with van der Waals surface area (Å²) in [5.74, 6) is 1.60. The number of nitrogens with zero attached hydrogens (tertiary/aromatic N) is 5. The molecule has 0 saturated carbocycles. The zero-order valence-corrected chi connectivity index (χ0v) is 12.3. The van der Waals surface area contributed by atoms with E-state index in [9.17, 15) is 5.26 Å². The van der Waals surface area contributed by atoms with Crippen molar-refractivity contribution in [2.75, 3.05) is 23.7 Å². The zero-order valence-electron chi connectivity index (χ0n) is 10.8. The molecule has 3 heterocycles. The maximum absolute atomic E-state index is 9.33. The molecule has 0 spiro atoms. The van der Waals surface area contributed by atoms with Crippen molar-refractivity contribution in [3.05, 3.63) is 28.4 Å². The first-order chi connectivity index (χ1) is 9.70. The van der Waals surface area contributed by atoms with E-state index >= 15 is 0 Å². The Morgan fingerprint density at radius 1 is 1.30 bits per heavy atom. The number of rotatable bonds is 2. The number of pyridine rings is 1. The molecule has 0 unspecified atom stereocenters. The maximum Gasteiger partial charge on any atom is 0.171 e. The van der Waals surface area contributed by atoms with Gasteiger partial charge in [0.05, 0.1) is 0 Å². The molecule has 7 heteroatoms. The van der Waals surface area contributed by atoms with Crippen LogP contribution in [0.1, 0.15) is 18.4 Å². The van der Waals surface area contributed by atoms with Crippen molar-refractivity contribution < 1.29 is 0 Å². The Morgan fingerprint density at radius 2 is 2.05 bits per heavy atom. The fourth-order valence-electron chi connectivity index (χ4n) is 2.34. The van der Waals surface area contributed by atoms with Gasteiger partial charge in [-0.2, -0.15) is 9.94 Å². The minimum Gasteiger partial charge on any atom is -0.382 e. The van der Waals surface area contributed by atoms with Crippen molar-refractivity contribution in [2.45, 2.75) is 12.8 Å². The van der Waals surface area contributed by atoms with E-state index in [1.54, 1.807) is 6.20 Å². The van der Waals surface area contributed by atoms with Gasteiger partial charge >= 0.3 is 0 Å². The number of nitrogen functional groups attached to an aromatic ring is 1. The van der Waals surface area contributed by atoms with E-state index in [-0.39, 0.29) is 0 Å². The molecule has 1 aliphatic rings. The molecule has 2 aromatic heterocycles. The molecule has 0 aromatic carbocycles. The summed E-state index contributed by atoms with van der Waals surface area (Å²) in [6, 6.07) is 5.83. The molecule has 2 aromatic rings. The first-order valence-electron chi connectivity index (χ1n) is 6.36. The molecule has 6 nitrogen and oxygen atoms in total. The molecule has 102 valence electrons. The predicted molar refractivity (Wildman–Crippen MR) is 79.6 cm³/mol. The van der Waals surface area contributed by atoms with Crippen LogP contribution in [0.15, 0.2) is 22.8 Å².